The van der Waals surface area contributed by atoms with E-state index in [0.717, 1.165) is 22.4 Å². The molecule has 0 aliphatic carbocycles. The van der Waals surface area contributed by atoms with Gasteiger partial charge in [0.1, 0.15) is 12.3 Å². The number of ether oxygens (including phenoxy) is 3. The number of amides is 1. The minimum Gasteiger partial charge on any atom is -0.497 e. The first-order valence-electron chi connectivity index (χ1n) is 11.5. The van der Waals surface area contributed by atoms with Gasteiger partial charge in [-0.05, 0) is 55.0 Å². The van der Waals surface area contributed by atoms with Crippen LogP contribution in [-0.2, 0) is 17.9 Å². The number of para-hydroxylation sites is 1. The lowest BCUT2D eigenvalue weighted by molar-refractivity contribution is -0.116. The molecule has 0 aliphatic heterocycles. The number of nitrogens with one attached hydrogen (secondary N) is 2. The third-order valence-corrected chi connectivity index (χ3v) is 5.97. The number of methoxy groups -OCH3 is 3. The molecule has 8 heteroatoms. The molecule has 0 bridgehead atoms. The molecule has 8 nitrogen and oxygen atoms in total. The first-order chi connectivity index (χ1) is 17.4. The fourth-order valence-corrected chi connectivity index (χ4v) is 4.00. The van der Waals surface area contributed by atoms with E-state index in [0.29, 0.717) is 28.3 Å². The first kappa shape index (κ1) is 24.7. The molecule has 1 aromatic heterocycles. The number of nitrogens with zero attached hydrogens (tertiary/aromatic N) is 1. The molecule has 0 saturated carbocycles. The summed E-state index contributed by atoms with van der Waals surface area (Å²) in [5.41, 5.74) is 3.30. The Balaban J connectivity index is 1.72. The van der Waals surface area contributed by atoms with Crippen LogP contribution in [0.1, 0.15) is 11.1 Å². The number of hydrogen-bond donors (Lipinski definition) is 2. The standard InChI is InChI=1S/C28H29N3O5/c1-18-7-5-6-8-23(18)30-27(32)17-31-24-15-26(36-4)25(35-3)14-19(24)13-20(28(31)33)16-29-21-9-11-22(34-2)12-10-21/h5-15,29H,16-17H2,1-4H3,(H,30,32). The van der Waals surface area contributed by atoms with E-state index in [1.54, 1.807) is 26.4 Å². The molecule has 1 amide bonds. The highest BCUT2D eigenvalue weighted by molar-refractivity contribution is 5.93. The number of carbonyl (C=O) groups excluding carboxylic acids is 1. The zero-order valence-electron chi connectivity index (χ0n) is 20.8. The topological polar surface area (TPSA) is 90.8 Å². The van der Waals surface area contributed by atoms with E-state index in [2.05, 4.69) is 10.6 Å². The second kappa shape index (κ2) is 10.9. The highest BCUT2D eigenvalue weighted by atomic mass is 16.5. The van der Waals surface area contributed by atoms with Crippen LogP contribution >= 0.6 is 0 Å². The molecule has 0 aliphatic rings. The fourth-order valence-electron chi connectivity index (χ4n) is 4.00. The maximum atomic E-state index is 13.6. The van der Waals surface area contributed by atoms with Gasteiger partial charge in [-0.25, -0.2) is 0 Å². The Labute approximate surface area is 209 Å². The number of anilines is 2. The Morgan fingerprint density at radius 1 is 0.889 bits per heavy atom. The van der Waals surface area contributed by atoms with E-state index in [1.807, 2.05) is 61.5 Å². The van der Waals surface area contributed by atoms with Gasteiger partial charge in [0.25, 0.3) is 5.56 Å². The predicted octanol–water partition coefficient (Wildman–Crippen LogP) is 4.59. The number of pyridine rings is 1. The number of hydrogen-bond acceptors (Lipinski definition) is 6. The van der Waals surface area contributed by atoms with Gasteiger partial charge in [-0.2, -0.15) is 0 Å². The van der Waals surface area contributed by atoms with Crippen molar-refractivity contribution in [3.8, 4) is 17.2 Å². The number of benzene rings is 3. The molecule has 0 fully saturated rings. The van der Waals surface area contributed by atoms with Crippen molar-refractivity contribution in [1.29, 1.82) is 0 Å². The van der Waals surface area contributed by atoms with Gasteiger partial charge in [0.05, 0.1) is 26.8 Å². The van der Waals surface area contributed by atoms with Crippen LogP contribution in [-0.4, -0.2) is 31.8 Å². The minimum atomic E-state index is -0.303. The maximum Gasteiger partial charge on any atom is 0.256 e. The van der Waals surface area contributed by atoms with E-state index in [1.165, 1.54) is 11.7 Å². The largest absolute Gasteiger partial charge is 0.497 e. The van der Waals surface area contributed by atoms with Crippen molar-refractivity contribution in [1.82, 2.24) is 4.57 Å². The van der Waals surface area contributed by atoms with Gasteiger partial charge in [-0.15, -0.1) is 0 Å². The van der Waals surface area contributed by atoms with Gasteiger partial charge in [0.2, 0.25) is 5.91 Å². The lowest BCUT2D eigenvalue weighted by Crippen LogP contribution is -2.31. The summed E-state index contributed by atoms with van der Waals surface area (Å²) in [6, 6.07) is 20.3. The van der Waals surface area contributed by atoms with E-state index < -0.39 is 0 Å². The highest BCUT2D eigenvalue weighted by Gasteiger charge is 2.16. The Bertz CT molecular complexity index is 1440. The van der Waals surface area contributed by atoms with Crippen LogP contribution < -0.4 is 30.4 Å². The van der Waals surface area contributed by atoms with Crippen LogP contribution in [0.2, 0.25) is 0 Å². The van der Waals surface area contributed by atoms with Gasteiger partial charge in [0.15, 0.2) is 11.5 Å². The van der Waals surface area contributed by atoms with Gasteiger partial charge in [0, 0.05) is 34.9 Å². The molecule has 0 unspecified atom stereocenters. The average Bonchev–Trinajstić information content (AvgIpc) is 2.90. The Morgan fingerprint density at radius 2 is 1.58 bits per heavy atom. The van der Waals surface area contributed by atoms with E-state index in [-0.39, 0.29) is 24.6 Å². The zero-order valence-corrected chi connectivity index (χ0v) is 20.8. The Kier molecular flexibility index (Phi) is 7.44. The molecule has 0 saturated heterocycles. The lowest BCUT2D eigenvalue weighted by atomic mass is 10.1. The molecule has 1 heterocycles. The number of carbonyl (C=O) groups is 1. The SMILES string of the molecule is COc1ccc(NCc2cc3cc(OC)c(OC)cc3n(CC(=O)Nc3ccccc3C)c2=O)cc1. The third-order valence-electron chi connectivity index (χ3n) is 5.97. The van der Waals surface area contributed by atoms with E-state index in [4.69, 9.17) is 14.2 Å². The van der Waals surface area contributed by atoms with E-state index >= 15 is 0 Å². The van der Waals surface area contributed by atoms with Gasteiger partial charge in [-0.1, -0.05) is 18.2 Å². The normalized spacial score (nSPS) is 10.7. The molecule has 0 radical (unpaired) electrons. The summed E-state index contributed by atoms with van der Waals surface area (Å²) < 4.78 is 17.6. The molecular formula is C28H29N3O5. The van der Waals surface area contributed by atoms with Crippen molar-refractivity contribution in [2.24, 2.45) is 0 Å². The number of aryl methyl sites for hydroxylation is 1. The van der Waals surface area contributed by atoms with Crippen molar-refractivity contribution in [2.75, 3.05) is 32.0 Å². The number of rotatable bonds is 9. The van der Waals surface area contributed by atoms with Crippen molar-refractivity contribution in [2.45, 2.75) is 20.0 Å². The van der Waals surface area contributed by atoms with Crippen LogP contribution in [0.25, 0.3) is 10.9 Å². The van der Waals surface area contributed by atoms with Gasteiger partial charge < -0.3 is 24.8 Å². The summed E-state index contributed by atoms with van der Waals surface area (Å²) >= 11 is 0. The zero-order chi connectivity index (χ0) is 25.7. The predicted molar refractivity (Wildman–Crippen MR) is 141 cm³/mol. The molecular weight excluding hydrogens is 458 g/mol. The molecule has 36 heavy (non-hydrogen) atoms. The Morgan fingerprint density at radius 3 is 2.25 bits per heavy atom. The van der Waals surface area contributed by atoms with Crippen LogP contribution in [0.4, 0.5) is 11.4 Å². The Hall–Kier alpha value is -4.46. The summed E-state index contributed by atoms with van der Waals surface area (Å²) in [6.45, 7) is 2.03. The molecule has 0 atom stereocenters. The van der Waals surface area contributed by atoms with Crippen LogP contribution in [0.15, 0.2) is 71.5 Å². The number of aromatic nitrogens is 1. The van der Waals surface area contributed by atoms with E-state index in [9.17, 15) is 9.59 Å². The highest BCUT2D eigenvalue weighted by Crippen LogP contribution is 2.32. The quantitative estimate of drug-likeness (QED) is 0.359. The maximum absolute atomic E-state index is 13.6. The smallest absolute Gasteiger partial charge is 0.256 e. The van der Waals surface area contributed by atoms with Crippen molar-refractivity contribution in [3.05, 3.63) is 88.2 Å². The van der Waals surface area contributed by atoms with Crippen LogP contribution in [0.3, 0.4) is 0 Å². The summed E-state index contributed by atoms with van der Waals surface area (Å²) in [6.07, 6.45) is 0. The second-order valence-corrected chi connectivity index (χ2v) is 8.27. The van der Waals surface area contributed by atoms with Crippen molar-refractivity contribution < 1.29 is 19.0 Å². The summed E-state index contributed by atoms with van der Waals surface area (Å²) in [7, 11) is 4.70. The fraction of sp³-hybridized carbons (Fsp3) is 0.214. The molecule has 0 spiro atoms. The van der Waals surface area contributed by atoms with Crippen LogP contribution in [0.5, 0.6) is 17.2 Å². The van der Waals surface area contributed by atoms with Crippen molar-refractivity contribution in [3.63, 3.8) is 0 Å². The third kappa shape index (κ3) is 5.27. The van der Waals surface area contributed by atoms with Gasteiger partial charge >= 0.3 is 0 Å². The molecule has 4 rings (SSSR count). The summed E-state index contributed by atoms with van der Waals surface area (Å²) in [5.74, 6) is 1.45. The summed E-state index contributed by atoms with van der Waals surface area (Å²) in [4.78, 5) is 26.6. The molecule has 186 valence electrons. The van der Waals surface area contributed by atoms with Crippen molar-refractivity contribution >= 4 is 28.2 Å². The van der Waals surface area contributed by atoms with Gasteiger partial charge in [-0.3, -0.25) is 14.2 Å². The summed E-state index contributed by atoms with van der Waals surface area (Å²) in [5, 5.41) is 6.93. The minimum absolute atomic E-state index is 0.157. The molecule has 3 aromatic carbocycles. The average molecular weight is 488 g/mol. The van der Waals surface area contributed by atoms with Crippen LogP contribution in [0, 0.1) is 6.92 Å². The lowest BCUT2D eigenvalue weighted by Gasteiger charge is -2.17. The monoisotopic (exact) mass is 487 g/mol. The number of fused-ring (bicyclic) bond motifs is 1. The molecule has 2 N–H and O–H groups in total. The first-order valence-corrected chi connectivity index (χ1v) is 11.5. The molecule has 4 aromatic rings. The second-order valence-electron chi connectivity index (χ2n) is 8.27.